The molecule has 3 rings (SSSR count). The Morgan fingerprint density at radius 3 is 2.37 bits per heavy atom. The molecule has 1 fully saturated rings. The smallest absolute Gasteiger partial charge is 0.246 e. The van der Waals surface area contributed by atoms with Gasteiger partial charge in [-0.2, -0.15) is 5.10 Å². The minimum Gasteiger partial charge on any atom is -0.339 e. The molecule has 1 aliphatic rings. The molecule has 1 aromatic carbocycles. The van der Waals surface area contributed by atoms with Crippen LogP contribution < -0.4 is 0 Å². The molecule has 0 bridgehead atoms. The number of rotatable bonds is 4. The molecule has 0 radical (unpaired) electrons. The van der Waals surface area contributed by atoms with Crippen molar-refractivity contribution in [1.82, 2.24) is 19.6 Å². The lowest BCUT2D eigenvalue weighted by Gasteiger charge is -2.33. The molecule has 27 heavy (non-hydrogen) atoms. The standard InChI is InChI=1S/C20H23ClN4O2/c1-15-18(20(21)25(22-15)14-17-6-4-3-5-7-17)8-9-19(27)24-12-10-23(11-13-24)16(2)26/h3-9H,10-14H2,1-2H3/b9-8+. The van der Waals surface area contributed by atoms with Crippen LogP contribution >= 0.6 is 11.6 Å². The van der Waals surface area contributed by atoms with Crippen LogP contribution in [0.15, 0.2) is 36.4 Å². The zero-order valence-corrected chi connectivity index (χ0v) is 16.3. The van der Waals surface area contributed by atoms with Crippen molar-refractivity contribution in [2.24, 2.45) is 0 Å². The molecule has 6 nitrogen and oxygen atoms in total. The van der Waals surface area contributed by atoms with E-state index in [2.05, 4.69) is 5.10 Å². The van der Waals surface area contributed by atoms with Crippen molar-refractivity contribution >= 4 is 29.5 Å². The fraction of sp³-hybridized carbons (Fsp3) is 0.350. The third kappa shape index (κ3) is 4.57. The zero-order chi connectivity index (χ0) is 19.4. The number of nitrogens with zero attached hydrogens (tertiary/aromatic N) is 4. The van der Waals surface area contributed by atoms with E-state index in [1.165, 1.54) is 6.08 Å². The van der Waals surface area contributed by atoms with E-state index >= 15 is 0 Å². The summed E-state index contributed by atoms with van der Waals surface area (Å²) in [5, 5.41) is 5.01. The molecule has 2 heterocycles. The normalized spacial score (nSPS) is 14.8. The highest BCUT2D eigenvalue weighted by molar-refractivity contribution is 6.31. The SMILES string of the molecule is CC(=O)N1CCN(C(=O)/C=C/c2c(C)nn(Cc3ccccc3)c2Cl)CC1. The van der Waals surface area contributed by atoms with E-state index in [1.807, 2.05) is 37.3 Å². The molecule has 1 saturated heterocycles. The molecule has 0 aliphatic carbocycles. The number of benzene rings is 1. The van der Waals surface area contributed by atoms with Crippen LogP contribution in [0.3, 0.4) is 0 Å². The maximum Gasteiger partial charge on any atom is 0.246 e. The number of halogens is 1. The minimum atomic E-state index is -0.0792. The van der Waals surface area contributed by atoms with E-state index in [4.69, 9.17) is 11.6 Å². The van der Waals surface area contributed by atoms with Gasteiger partial charge in [0.2, 0.25) is 11.8 Å². The largest absolute Gasteiger partial charge is 0.339 e. The number of aromatic nitrogens is 2. The molecule has 1 aromatic heterocycles. The first-order chi connectivity index (χ1) is 13.0. The predicted molar refractivity (Wildman–Crippen MR) is 105 cm³/mol. The zero-order valence-electron chi connectivity index (χ0n) is 15.6. The fourth-order valence-corrected chi connectivity index (χ4v) is 3.42. The van der Waals surface area contributed by atoms with E-state index in [-0.39, 0.29) is 11.8 Å². The molecule has 2 aromatic rings. The number of hydrogen-bond donors (Lipinski definition) is 0. The van der Waals surface area contributed by atoms with Crippen molar-refractivity contribution in [3.63, 3.8) is 0 Å². The lowest BCUT2D eigenvalue weighted by molar-refractivity contribution is -0.135. The van der Waals surface area contributed by atoms with Crippen molar-refractivity contribution in [3.05, 3.63) is 58.4 Å². The van der Waals surface area contributed by atoms with Crippen molar-refractivity contribution in [1.29, 1.82) is 0 Å². The monoisotopic (exact) mass is 386 g/mol. The third-order valence-electron chi connectivity index (χ3n) is 4.71. The van der Waals surface area contributed by atoms with Gasteiger partial charge in [-0.25, -0.2) is 4.68 Å². The second-order valence-electron chi connectivity index (χ2n) is 6.60. The molecule has 0 atom stereocenters. The van der Waals surface area contributed by atoms with E-state index < -0.39 is 0 Å². The predicted octanol–water partition coefficient (Wildman–Crippen LogP) is 2.60. The molecule has 0 spiro atoms. The van der Waals surface area contributed by atoms with Crippen LogP contribution in [0.1, 0.15) is 23.7 Å². The second kappa shape index (κ2) is 8.39. The van der Waals surface area contributed by atoms with Crippen molar-refractivity contribution in [3.8, 4) is 0 Å². The Morgan fingerprint density at radius 1 is 1.11 bits per heavy atom. The van der Waals surface area contributed by atoms with Gasteiger partial charge in [0.25, 0.3) is 0 Å². The summed E-state index contributed by atoms with van der Waals surface area (Å²) in [7, 11) is 0. The Labute approximate surface area is 164 Å². The first kappa shape index (κ1) is 19.2. The van der Waals surface area contributed by atoms with Gasteiger partial charge in [0.1, 0.15) is 5.15 Å². The average Bonchev–Trinajstić information content (AvgIpc) is 2.93. The lowest BCUT2D eigenvalue weighted by atomic mass is 10.2. The van der Waals surface area contributed by atoms with Crippen LogP contribution in [0, 0.1) is 6.92 Å². The Balaban J connectivity index is 1.67. The van der Waals surface area contributed by atoms with Crippen LogP contribution in [0.2, 0.25) is 5.15 Å². The van der Waals surface area contributed by atoms with Gasteiger partial charge < -0.3 is 9.80 Å². The fourth-order valence-electron chi connectivity index (χ4n) is 3.12. The summed E-state index contributed by atoms with van der Waals surface area (Å²) in [5.74, 6) is -0.0321. The van der Waals surface area contributed by atoms with Crippen molar-refractivity contribution in [2.75, 3.05) is 26.2 Å². The van der Waals surface area contributed by atoms with Crippen LogP contribution in [-0.4, -0.2) is 57.6 Å². The van der Waals surface area contributed by atoms with Gasteiger partial charge in [-0.1, -0.05) is 41.9 Å². The number of amides is 2. The van der Waals surface area contributed by atoms with Crippen molar-refractivity contribution in [2.45, 2.75) is 20.4 Å². The second-order valence-corrected chi connectivity index (χ2v) is 6.96. The van der Waals surface area contributed by atoms with Crippen LogP contribution in [-0.2, 0) is 16.1 Å². The highest BCUT2D eigenvalue weighted by atomic mass is 35.5. The summed E-state index contributed by atoms with van der Waals surface area (Å²) in [4.78, 5) is 27.3. The Bertz CT molecular complexity index is 852. The lowest BCUT2D eigenvalue weighted by Crippen LogP contribution is -2.49. The first-order valence-corrected chi connectivity index (χ1v) is 9.33. The highest BCUT2D eigenvalue weighted by Crippen LogP contribution is 2.22. The number of carbonyl (C=O) groups excluding carboxylic acids is 2. The summed E-state index contributed by atoms with van der Waals surface area (Å²) in [6.07, 6.45) is 3.26. The number of hydrogen-bond acceptors (Lipinski definition) is 3. The van der Waals surface area contributed by atoms with Crippen LogP contribution in [0.5, 0.6) is 0 Å². The number of piperazine rings is 1. The number of aryl methyl sites for hydroxylation is 1. The Hall–Kier alpha value is -2.60. The van der Waals surface area contributed by atoms with E-state index in [9.17, 15) is 9.59 Å². The summed E-state index contributed by atoms with van der Waals surface area (Å²) < 4.78 is 1.74. The van der Waals surface area contributed by atoms with Crippen LogP contribution in [0.25, 0.3) is 6.08 Å². The molecule has 2 amide bonds. The molecule has 0 saturated carbocycles. The van der Waals surface area contributed by atoms with Gasteiger partial charge in [-0.05, 0) is 18.6 Å². The average molecular weight is 387 g/mol. The summed E-state index contributed by atoms with van der Waals surface area (Å²) in [6, 6.07) is 9.96. The van der Waals surface area contributed by atoms with E-state index in [0.29, 0.717) is 37.9 Å². The van der Waals surface area contributed by atoms with Crippen molar-refractivity contribution < 1.29 is 9.59 Å². The summed E-state index contributed by atoms with van der Waals surface area (Å²) in [6.45, 7) is 6.24. The van der Waals surface area contributed by atoms with Gasteiger partial charge in [0, 0.05) is 44.7 Å². The molecule has 0 unspecified atom stereocenters. The molecule has 0 N–H and O–H groups in total. The topological polar surface area (TPSA) is 58.4 Å². The Kier molecular flexibility index (Phi) is 5.96. The highest BCUT2D eigenvalue weighted by Gasteiger charge is 2.21. The van der Waals surface area contributed by atoms with Gasteiger partial charge in [-0.15, -0.1) is 0 Å². The summed E-state index contributed by atoms with van der Waals surface area (Å²) in [5.41, 5.74) is 2.64. The van der Waals surface area contributed by atoms with Gasteiger partial charge >= 0.3 is 0 Å². The van der Waals surface area contributed by atoms with E-state index in [1.54, 1.807) is 27.5 Å². The Morgan fingerprint density at radius 2 is 1.74 bits per heavy atom. The molecule has 1 aliphatic heterocycles. The molecule has 7 heteroatoms. The maximum absolute atomic E-state index is 12.4. The van der Waals surface area contributed by atoms with Gasteiger partial charge in [0.15, 0.2) is 0 Å². The number of carbonyl (C=O) groups is 2. The summed E-state index contributed by atoms with van der Waals surface area (Å²) >= 11 is 6.48. The molecule has 142 valence electrons. The minimum absolute atomic E-state index is 0.0471. The van der Waals surface area contributed by atoms with E-state index in [0.717, 1.165) is 16.8 Å². The van der Waals surface area contributed by atoms with Crippen LogP contribution in [0.4, 0.5) is 0 Å². The first-order valence-electron chi connectivity index (χ1n) is 8.95. The van der Waals surface area contributed by atoms with Gasteiger partial charge in [-0.3, -0.25) is 9.59 Å². The molecular weight excluding hydrogens is 364 g/mol. The quantitative estimate of drug-likeness (QED) is 0.759. The molecular formula is C20H23ClN4O2. The third-order valence-corrected chi connectivity index (χ3v) is 5.11. The van der Waals surface area contributed by atoms with Gasteiger partial charge in [0.05, 0.1) is 12.2 Å². The maximum atomic E-state index is 12.4.